The minimum atomic E-state index is -1.14. The molecule has 0 spiro atoms. The third-order valence-electron chi connectivity index (χ3n) is 3.02. The first-order valence-corrected chi connectivity index (χ1v) is 8.23. The minimum Gasteiger partial charge on any atom is -0.479 e. The minimum absolute atomic E-state index is 0.0180. The molecule has 24 heavy (non-hydrogen) atoms. The summed E-state index contributed by atoms with van der Waals surface area (Å²) in [7, 11) is 0. The number of ether oxygens (including phenoxy) is 1. The van der Waals surface area contributed by atoms with Crippen molar-refractivity contribution >= 4 is 12.1 Å². The smallest absolute Gasteiger partial charge is 0.408 e. The van der Waals surface area contributed by atoms with Gasteiger partial charge in [0.05, 0.1) is 0 Å². The molecular formula is C19H31NO4. The number of alkyl carbamates (subject to hydrolysis) is 1. The molecule has 0 aliphatic carbocycles. The summed E-state index contributed by atoms with van der Waals surface area (Å²) in [5.74, 6) is -1.13. The highest BCUT2D eigenvalue weighted by atomic mass is 16.6. The van der Waals surface area contributed by atoms with E-state index >= 15 is 0 Å². The zero-order valence-corrected chi connectivity index (χ0v) is 16.1. The van der Waals surface area contributed by atoms with Gasteiger partial charge in [-0.25, -0.2) is 9.59 Å². The lowest BCUT2D eigenvalue weighted by Gasteiger charge is -2.23. The van der Waals surface area contributed by atoms with Gasteiger partial charge in [-0.05, 0) is 37.3 Å². The molecule has 1 unspecified atom stereocenters. The summed E-state index contributed by atoms with van der Waals surface area (Å²) >= 11 is 0. The molecule has 0 saturated carbocycles. The molecule has 1 atom stereocenters. The number of carboxylic acid groups (broad SMARTS) is 1. The molecule has 0 heterocycles. The number of nitrogens with one attached hydrogen (secondary N) is 1. The lowest BCUT2D eigenvalue weighted by atomic mass is 9.86. The SMILES string of the molecule is CC.CC(C)(C)OC(=O)NC(C(=O)O)c1ccc(C(C)(C)C)cc1. The molecule has 0 radical (unpaired) electrons. The highest BCUT2D eigenvalue weighted by molar-refractivity contribution is 5.81. The Bertz CT molecular complexity index is 536. The maximum absolute atomic E-state index is 11.8. The molecular weight excluding hydrogens is 306 g/mol. The largest absolute Gasteiger partial charge is 0.479 e. The van der Waals surface area contributed by atoms with E-state index in [0.29, 0.717) is 5.56 Å². The maximum Gasteiger partial charge on any atom is 0.408 e. The topological polar surface area (TPSA) is 75.6 Å². The molecule has 1 rings (SSSR count). The van der Waals surface area contributed by atoms with Crippen LogP contribution in [0.2, 0.25) is 0 Å². The molecule has 0 fully saturated rings. The van der Waals surface area contributed by atoms with Crippen molar-refractivity contribution < 1.29 is 19.4 Å². The van der Waals surface area contributed by atoms with Gasteiger partial charge in [0.25, 0.3) is 0 Å². The second-order valence-corrected chi connectivity index (χ2v) is 7.29. The number of rotatable bonds is 3. The van der Waals surface area contributed by atoms with Crippen LogP contribution in [0.25, 0.3) is 0 Å². The number of hydrogen-bond acceptors (Lipinski definition) is 3. The molecule has 0 aliphatic rings. The summed E-state index contributed by atoms with van der Waals surface area (Å²) in [6.07, 6.45) is -0.750. The molecule has 0 saturated heterocycles. The van der Waals surface area contributed by atoms with Gasteiger partial charge in [-0.3, -0.25) is 0 Å². The van der Waals surface area contributed by atoms with E-state index in [1.165, 1.54) is 0 Å². The van der Waals surface area contributed by atoms with Crippen LogP contribution in [0, 0.1) is 0 Å². The van der Waals surface area contributed by atoms with Crippen LogP contribution in [0.15, 0.2) is 24.3 Å². The molecule has 1 amide bonds. The van der Waals surface area contributed by atoms with E-state index in [1.54, 1.807) is 32.9 Å². The van der Waals surface area contributed by atoms with E-state index in [1.807, 2.05) is 26.0 Å². The Labute approximate surface area is 145 Å². The zero-order chi connectivity index (χ0) is 19.1. The summed E-state index contributed by atoms with van der Waals surface area (Å²) in [6.45, 7) is 15.4. The van der Waals surface area contributed by atoms with Gasteiger partial charge in [-0.1, -0.05) is 58.9 Å². The van der Waals surface area contributed by atoms with Crippen LogP contribution in [0.4, 0.5) is 4.79 Å². The van der Waals surface area contributed by atoms with Crippen molar-refractivity contribution in [3.05, 3.63) is 35.4 Å². The van der Waals surface area contributed by atoms with Crippen molar-refractivity contribution in [2.24, 2.45) is 0 Å². The van der Waals surface area contributed by atoms with Gasteiger partial charge >= 0.3 is 12.1 Å². The van der Waals surface area contributed by atoms with Gasteiger partial charge in [0.15, 0.2) is 6.04 Å². The highest BCUT2D eigenvalue weighted by Gasteiger charge is 2.25. The lowest BCUT2D eigenvalue weighted by molar-refractivity contribution is -0.139. The van der Waals surface area contributed by atoms with Crippen LogP contribution < -0.4 is 5.32 Å². The average molecular weight is 337 g/mol. The predicted molar refractivity (Wildman–Crippen MR) is 96.2 cm³/mol. The first kappa shape index (κ1) is 22.0. The quantitative estimate of drug-likeness (QED) is 0.841. The van der Waals surface area contributed by atoms with Crippen molar-refractivity contribution in [1.82, 2.24) is 5.32 Å². The number of carboxylic acids is 1. The number of carbonyl (C=O) groups excluding carboxylic acids is 1. The van der Waals surface area contributed by atoms with Crippen molar-refractivity contribution in [1.29, 1.82) is 0 Å². The Hall–Kier alpha value is -2.04. The van der Waals surface area contributed by atoms with E-state index < -0.39 is 23.7 Å². The summed E-state index contributed by atoms with van der Waals surface area (Å²) in [6, 6.07) is 6.06. The third-order valence-corrected chi connectivity index (χ3v) is 3.02. The third kappa shape index (κ3) is 7.49. The lowest BCUT2D eigenvalue weighted by Crippen LogP contribution is -2.38. The van der Waals surface area contributed by atoms with E-state index in [0.717, 1.165) is 5.56 Å². The highest BCUT2D eigenvalue weighted by Crippen LogP contribution is 2.24. The van der Waals surface area contributed by atoms with Gasteiger partial charge in [0, 0.05) is 0 Å². The Morgan fingerprint density at radius 2 is 1.46 bits per heavy atom. The number of benzene rings is 1. The summed E-state index contributed by atoms with van der Waals surface area (Å²) in [4.78, 5) is 23.2. The molecule has 5 heteroatoms. The second-order valence-electron chi connectivity index (χ2n) is 7.29. The van der Waals surface area contributed by atoms with Crippen molar-refractivity contribution in [3.63, 3.8) is 0 Å². The second kappa shape index (κ2) is 8.71. The van der Waals surface area contributed by atoms with Gasteiger partial charge in [-0.2, -0.15) is 0 Å². The van der Waals surface area contributed by atoms with Crippen LogP contribution in [-0.4, -0.2) is 22.8 Å². The van der Waals surface area contributed by atoms with Gasteiger partial charge < -0.3 is 15.2 Å². The van der Waals surface area contributed by atoms with Gasteiger partial charge in [0.2, 0.25) is 0 Å². The zero-order valence-electron chi connectivity index (χ0n) is 16.1. The van der Waals surface area contributed by atoms with Crippen molar-refractivity contribution in [2.45, 2.75) is 72.4 Å². The molecule has 1 aromatic rings. The molecule has 2 N–H and O–H groups in total. The van der Waals surface area contributed by atoms with Crippen LogP contribution in [0.1, 0.15) is 72.6 Å². The van der Waals surface area contributed by atoms with E-state index in [4.69, 9.17) is 4.74 Å². The Kier molecular flexibility index (Phi) is 7.97. The molecule has 136 valence electrons. The van der Waals surface area contributed by atoms with E-state index in [2.05, 4.69) is 26.1 Å². The normalized spacial score (nSPS) is 12.5. The summed E-state index contributed by atoms with van der Waals surface area (Å²) in [5, 5.41) is 11.7. The molecule has 5 nitrogen and oxygen atoms in total. The average Bonchev–Trinajstić information content (AvgIpc) is 2.44. The fourth-order valence-electron chi connectivity index (χ4n) is 1.89. The molecule has 0 aromatic heterocycles. The number of aliphatic carboxylic acids is 1. The Morgan fingerprint density at radius 1 is 1.00 bits per heavy atom. The Morgan fingerprint density at radius 3 is 1.79 bits per heavy atom. The van der Waals surface area contributed by atoms with Gasteiger partial charge in [0.1, 0.15) is 5.60 Å². The molecule has 0 bridgehead atoms. The van der Waals surface area contributed by atoms with E-state index in [-0.39, 0.29) is 5.41 Å². The number of hydrogen-bond donors (Lipinski definition) is 2. The van der Waals surface area contributed by atoms with Crippen molar-refractivity contribution in [3.8, 4) is 0 Å². The summed E-state index contributed by atoms with van der Waals surface area (Å²) in [5.41, 5.74) is 0.906. The fourth-order valence-corrected chi connectivity index (χ4v) is 1.89. The van der Waals surface area contributed by atoms with E-state index in [9.17, 15) is 14.7 Å². The number of carbonyl (C=O) groups is 2. The summed E-state index contributed by atoms with van der Waals surface area (Å²) < 4.78 is 5.10. The van der Waals surface area contributed by atoms with Crippen LogP contribution >= 0.6 is 0 Å². The monoisotopic (exact) mass is 337 g/mol. The predicted octanol–water partition coefficient (Wildman–Crippen LogP) is 4.66. The number of amides is 1. The van der Waals surface area contributed by atoms with Crippen LogP contribution in [0.5, 0.6) is 0 Å². The standard InChI is InChI=1S/C17H25NO4.C2H6/c1-16(2,3)12-9-7-11(8-10-12)13(14(19)20)18-15(21)22-17(4,5)6;1-2/h7-10,13H,1-6H3,(H,18,21)(H,19,20);1-2H3. The van der Waals surface area contributed by atoms with Gasteiger partial charge in [-0.15, -0.1) is 0 Å². The Balaban J connectivity index is 0.00000254. The van der Waals surface area contributed by atoms with Crippen LogP contribution in [-0.2, 0) is 14.9 Å². The first-order valence-electron chi connectivity index (χ1n) is 8.23. The fraction of sp³-hybridized carbons (Fsp3) is 0.579. The molecule has 1 aromatic carbocycles. The first-order chi connectivity index (χ1) is 10.9. The molecule has 0 aliphatic heterocycles. The van der Waals surface area contributed by atoms with Crippen molar-refractivity contribution in [2.75, 3.05) is 0 Å². The van der Waals surface area contributed by atoms with Crippen LogP contribution in [0.3, 0.4) is 0 Å². The maximum atomic E-state index is 11.8.